The number of fused-ring (bicyclic) bond motifs is 1. The van der Waals surface area contributed by atoms with Crippen molar-refractivity contribution in [3.63, 3.8) is 0 Å². The number of hydrogen-bond acceptors (Lipinski definition) is 7. The predicted octanol–water partition coefficient (Wildman–Crippen LogP) is 5.14. The van der Waals surface area contributed by atoms with Crippen LogP contribution >= 0.6 is 0 Å². The number of likely N-dealkylation sites (N-methyl/N-ethyl adjacent to an activating group) is 1. The van der Waals surface area contributed by atoms with Crippen LogP contribution in [0.4, 0.5) is 11.5 Å². The first-order chi connectivity index (χ1) is 21.2. The summed E-state index contributed by atoms with van der Waals surface area (Å²) in [5, 5.41) is 11.3. The van der Waals surface area contributed by atoms with Crippen LogP contribution in [0.3, 0.4) is 0 Å². The zero-order valence-corrected chi connectivity index (χ0v) is 26.4. The molecule has 10 heteroatoms. The fourth-order valence-electron chi connectivity index (χ4n) is 5.64. The fraction of sp³-hybridized carbons (Fsp3) is 0.382. The van der Waals surface area contributed by atoms with Gasteiger partial charge in [0.05, 0.1) is 22.8 Å². The summed E-state index contributed by atoms with van der Waals surface area (Å²) in [6.45, 7) is 15.9. The Morgan fingerprint density at radius 3 is 2.52 bits per heavy atom. The van der Waals surface area contributed by atoms with E-state index in [-0.39, 0.29) is 24.4 Å². The minimum absolute atomic E-state index is 0.0593. The third-order valence-corrected chi connectivity index (χ3v) is 8.05. The SMILES string of the molecule is C=CC(=O)Nc1cc(C)cc(CCC)c1CNC(=O)c1cc(-c2ccc(N3CCN(C)CC3)nc2)nc2c1cnn2C(C)C. The van der Waals surface area contributed by atoms with Gasteiger partial charge in [0.1, 0.15) is 5.82 Å². The van der Waals surface area contributed by atoms with Crippen molar-refractivity contribution in [1.82, 2.24) is 30.0 Å². The Morgan fingerprint density at radius 2 is 1.86 bits per heavy atom. The van der Waals surface area contributed by atoms with E-state index in [0.29, 0.717) is 28.0 Å². The third-order valence-electron chi connectivity index (χ3n) is 8.05. The molecule has 1 aliphatic rings. The minimum atomic E-state index is -0.292. The van der Waals surface area contributed by atoms with Gasteiger partial charge in [0.2, 0.25) is 5.91 Å². The zero-order chi connectivity index (χ0) is 31.4. The summed E-state index contributed by atoms with van der Waals surface area (Å²) >= 11 is 0. The van der Waals surface area contributed by atoms with Crippen molar-refractivity contribution >= 4 is 34.4 Å². The van der Waals surface area contributed by atoms with Crippen molar-refractivity contribution in [3.05, 3.63) is 77.6 Å². The number of benzene rings is 1. The quantitative estimate of drug-likeness (QED) is 0.245. The Hall–Kier alpha value is -4.57. The number of piperazine rings is 1. The summed E-state index contributed by atoms with van der Waals surface area (Å²) in [5.41, 5.74) is 6.31. The van der Waals surface area contributed by atoms with E-state index in [2.05, 4.69) is 52.1 Å². The molecule has 0 unspecified atom stereocenters. The number of nitrogens with one attached hydrogen (secondary N) is 2. The molecular weight excluding hydrogens is 552 g/mol. The molecule has 1 aromatic carbocycles. The summed E-state index contributed by atoms with van der Waals surface area (Å²) in [4.78, 5) is 40.4. The standard InChI is InChI=1S/C34H42N8O2/c1-7-9-24-16-23(5)17-30(38-32(43)8-2)27(24)20-36-34(44)26-18-29(39-33-28(26)21-37-42(33)22(3)4)25-10-11-31(35-19-25)41-14-12-40(6)13-15-41/h8,10-11,16-19,21-22H,2,7,9,12-15,20H2,1,3-6H3,(H,36,44)(H,38,43). The van der Waals surface area contributed by atoms with Gasteiger partial charge in [0.15, 0.2) is 5.65 Å². The molecule has 5 rings (SSSR count). The van der Waals surface area contributed by atoms with Gasteiger partial charge in [-0.3, -0.25) is 9.59 Å². The van der Waals surface area contributed by atoms with Crippen molar-refractivity contribution in [3.8, 4) is 11.3 Å². The van der Waals surface area contributed by atoms with E-state index in [0.717, 1.165) is 67.1 Å². The van der Waals surface area contributed by atoms with Gasteiger partial charge < -0.3 is 20.4 Å². The lowest BCUT2D eigenvalue weighted by Crippen LogP contribution is -2.44. The largest absolute Gasteiger partial charge is 0.354 e. The van der Waals surface area contributed by atoms with Crippen LogP contribution in [-0.4, -0.2) is 69.7 Å². The molecule has 0 bridgehead atoms. The average Bonchev–Trinajstić information content (AvgIpc) is 3.45. The lowest BCUT2D eigenvalue weighted by atomic mass is 9.98. The number of aromatic nitrogens is 4. The molecule has 4 heterocycles. The topological polar surface area (TPSA) is 108 Å². The molecule has 0 atom stereocenters. The van der Waals surface area contributed by atoms with Crippen LogP contribution in [-0.2, 0) is 17.8 Å². The summed E-state index contributed by atoms with van der Waals surface area (Å²) < 4.78 is 1.84. The fourth-order valence-corrected chi connectivity index (χ4v) is 5.64. The Kier molecular flexibility index (Phi) is 9.39. The highest BCUT2D eigenvalue weighted by Gasteiger charge is 2.21. The normalized spacial score (nSPS) is 13.8. The molecule has 0 spiro atoms. The molecule has 4 aromatic rings. The van der Waals surface area contributed by atoms with Crippen molar-refractivity contribution in [2.75, 3.05) is 43.4 Å². The number of amides is 2. The number of anilines is 2. The molecule has 0 saturated carbocycles. The maximum atomic E-state index is 13.9. The lowest BCUT2D eigenvalue weighted by molar-refractivity contribution is -0.111. The van der Waals surface area contributed by atoms with E-state index in [1.165, 1.54) is 6.08 Å². The molecule has 230 valence electrons. The Morgan fingerprint density at radius 1 is 1.09 bits per heavy atom. The molecule has 1 saturated heterocycles. The van der Waals surface area contributed by atoms with Crippen LogP contribution in [0.15, 0.2) is 55.4 Å². The highest BCUT2D eigenvalue weighted by Crippen LogP contribution is 2.28. The van der Waals surface area contributed by atoms with Gasteiger partial charge in [-0.1, -0.05) is 26.0 Å². The monoisotopic (exact) mass is 594 g/mol. The Labute approximate surface area is 259 Å². The van der Waals surface area contributed by atoms with Crippen molar-refractivity contribution in [1.29, 1.82) is 0 Å². The number of hydrogen-bond donors (Lipinski definition) is 2. The van der Waals surface area contributed by atoms with Crippen LogP contribution in [0.25, 0.3) is 22.3 Å². The number of pyridine rings is 2. The van der Waals surface area contributed by atoms with E-state index in [1.807, 2.05) is 55.9 Å². The van der Waals surface area contributed by atoms with Crippen LogP contribution in [0.2, 0.25) is 0 Å². The highest BCUT2D eigenvalue weighted by molar-refractivity contribution is 6.06. The molecule has 2 N–H and O–H groups in total. The summed E-state index contributed by atoms with van der Waals surface area (Å²) in [5.74, 6) is 0.404. The lowest BCUT2D eigenvalue weighted by Gasteiger charge is -2.33. The molecular formula is C34H42N8O2. The van der Waals surface area contributed by atoms with E-state index in [1.54, 1.807) is 6.20 Å². The molecule has 1 fully saturated rings. The molecule has 0 radical (unpaired) electrons. The highest BCUT2D eigenvalue weighted by atomic mass is 16.2. The first kappa shape index (κ1) is 30.9. The molecule has 10 nitrogen and oxygen atoms in total. The van der Waals surface area contributed by atoms with Crippen molar-refractivity contribution in [2.24, 2.45) is 0 Å². The molecule has 0 aliphatic carbocycles. The zero-order valence-electron chi connectivity index (χ0n) is 26.4. The van der Waals surface area contributed by atoms with Crippen LogP contribution in [0.1, 0.15) is 60.3 Å². The van der Waals surface area contributed by atoms with Gasteiger partial charge in [-0.05, 0) is 81.3 Å². The Bertz CT molecular complexity index is 1670. The number of carbonyl (C=O) groups excluding carboxylic acids is 2. The second-order valence-corrected chi connectivity index (χ2v) is 11.7. The molecule has 1 aliphatic heterocycles. The summed E-state index contributed by atoms with van der Waals surface area (Å²) in [6, 6.07) is 9.96. The maximum Gasteiger partial charge on any atom is 0.252 e. The molecule has 2 amide bonds. The van der Waals surface area contributed by atoms with Crippen LogP contribution in [0, 0.1) is 6.92 Å². The number of nitrogens with zero attached hydrogens (tertiary/aromatic N) is 6. The van der Waals surface area contributed by atoms with Gasteiger partial charge in [-0.15, -0.1) is 0 Å². The van der Waals surface area contributed by atoms with Crippen LogP contribution in [0.5, 0.6) is 0 Å². The van der Waals surface area contributed by atoms with Crippen molar-refractivity contribution < 1.29 is 9.59 Å². The van der Waals surface area contributed by atoms with Gasteiger partial charge in [-0.25, -0.2) is 14.6 Å². The Balaban J connectivity index is 1.48. The van der Waals surface area contributed by atoms with E-state index in [9.17, 15) is 9.59 Å². The smallest absolute Gasteiger partial charge is 0.252 e. The average molecular weight is 595 g/mol. The number of aryl methyl sites for hydroxylation is 2. The van der Waals surface area contributed by atoms with Gasteiger partial charge in [0, 0.05) is 56.2 Å². The molecule has 3 aromatic heterocycles. The van der Waals surface area contributed by atoms with Crippen molar-refractivity contribution in [2.45, 2.75) is 53.1 Å². The van der Waals surface area contributed by atoms with E-state index in [4.69, 9.17) is 9.97 Å². The predicted molar refractivity (Wildman–Crippen MR) is 176 cm³/mol. The van der Waals surface area contributed by atoms with E-state index >= 15 is 0 Å². The summed E-state index contributed by atoms with van der Waals surface area (Å²) in [7, 11) is 2.13. The van der Waals surface area contributed by atoms with Crippen LogP contribution < -0.4 is 15.5 Å². The third kappa shape index (κ3) is 6.65. The summed E-state index contributed by atoms with van der Waals surface area (Å²) in [6.07, 6.45) is 6.55. The maximum absolute atomic E-state index is 13.9. The number of carbonyl (C=O) groups is 2. The first-order valence-corrected chi connectivity index (χ1v) is 15.3. The molecule has 44 heavy (non-hydrogen) atoms. The second-order valence-electron chi connectivity index (χ2n) is 11.7. The second kappa shape index (κ2) is 13.4. The van der Waals surface area contributed by atoms with Gasteiger partial charge in [0.25, 0.3) is 5.91 Å². The van der Waals surface area contributed by atoms with E-state index < -0.39 is 0 Å². The van der Waals surface area contributed by atoms with Gasteiger partial charge in [-0.2, -0.15) is 5.10 Å². The van der Waals surface area contributed by atoms with Gasteiger partial charge >= 0.3 is 0 Å². The first-order valence-electron chi connectivity index (χ1n) is 15.3. The minimum Gasteiger partial charge on any atom is -0.354 e. The number of rotatable bonds is 10.